The maximum atomic E-state index is 12.5. The number of nitrogens with zero attached hydrogens (tertiary/aromatic N) is 4. The van der Waals surface area contributed by atoms with Gasteiger partial charge >= 0.3 is 0 Å². The largest absolute Gasteiger partial charge is 0.495 e. The number of hydrogen-bond acceptors (Lipinski definition) is 6. The van der Waals surface area contributed by atoms with Gasteiger partial charge in [-0.05, 0) is 50.0 Å². The van der Waals surface area contributed by atoms with E-state index in [0.717, 1.165) is 62.2 Å². The number of methoxy groups -OCH3 is 1. The van der Waals surface area contributed by atoms with Gasteiger partial charge in [0.05, 0.1) is 30.0 Å². The van der Waals surface area contributed by atoms with Crippen molar-refractivity contribution < 1.29 is 4.74 Å². The lowest BCUT2D eigenvalue weighted by atomic mass is 10.0. The van der Waals surface area contributed by atoms with Gasteiger partial charge in [0.1, 0.15) is 5.75 Å². The fraction of sp³-hybridized carbons (Fsp3) is 0.458. The summed E-state index contributed by atoms with van der Waals surface area (Å²) in [6, 6.07) is 10.0. The predicted molar refractivity (Wildman–Crippen MR) is 130 cm³/mol. The average molecular weight is 458 g/mol. The highest BCUT2D eigenvalue weighted by molar-refractivity contribution is 5.85. The van der Waals surface area contributed by atoms with Gasteiger partial charge in [-0.1, -0.05) is 13.0 Å². The summed E-state index contributed by atoms with van der Waals surface area (Å²) in [5, 5.41) is 3.65. The molecule has 0 atom stereocenters. The van der Waals surface area contributed by atoms with Crippen molar-refractivity contribution in [2.45, 2.75) is 45.3 Å². The Morgan fingerprint density at radius 1 is 1.09 bits per heavy atom. The van der Waals surface area contributed by atoms with Crippen molar-refractivity contribution in [3.05, 3.63) is 64.3 Å². The Bertz CT molecular complexity index is 1060. The van der Waals surface area contributed by atoms with E-state index < -0.39 is 0 Å². The number of pyridine rings is 3. The van der Waals surface area contributed by atoms with Gasteiger partial charge in [0.25, 0.3) is 5.56 Å². The number of nitrogens with one attached hydrogen (secondary N) is 1. The lowest BCUT2D eigenvalue weighted by Gasteiger charge is -2.32. The van der Waals surface area contributed by atoms with Gasteiger partial charge in [0, 0.05) is 44.0 Å². The molecule has 0 saturated carbocycles. The number of ether oxygens (including phenoxy) is 1. The molecule has 3 aromatic heterocycles. The Morgan fingerprint density at radius 2 is 1.91 bits per heavy atom. The second kappa shape index (κ2) is 11.4. The highest BCUT2D eigenvalue weighted by Gasteiger charge is 2.19. The predicted octanol–water partition coefficient (Wildman–Crippen LogP) is 3.04. The van der Waals surface area contributed by atoms with Crippen LogP contribution in [0.25, 0.3) is 11.0 Å². The van der Waals surface area contributed by atoms with Gasteiger partial charge < -0.3 is 19.5 Å². The van der Waals surface area contributed by atoms with E-state index in [9.17, 15) is 4.79 Å². The number of piperidine rings is 1. The molecule has 7 nitrogen and oxygen atoms in total. The molecule has 1 aliphatic rings. The van der Waals surface area contributed by atoms with Crippen molar-refractivity contribution >= 4 is 23.4 Å². The second-order valence-corrected chi connectivity index (χ2v) is 8.11. The van der Waals surface area contributed by atoms with Gasteiger partial charge in [-0.2, -0.15) is 0 Å². The van der Waals surface area contributed by atoms with Crippen LogP contribution in [0.15, 0.2) is 47.5 Å². The molecule has 3 aromatic rings. The number of aromatic nitrogens is 3. The SMILES string of the molecule is CCc1ccc(CNC2CCN(CCn3c(=O)ccc4ncc(OC)cc43)CC2)nc1.Cl. The third-order valence-electron chi connectivity index (χ3n) is 6.14. The molecule has 1 N–H and O–H groups in total. The van der Waals surface area contributed by atoms with Crippen LogP contribution in [-0.2, 0) is 19.5 Å². The number of halogens is 1. The molecule has 172 valence electrons. The summed E-state index contributed by atoms with van der Waals surface area (Å²) >= 11 is 0. The Balaban J connectivity index is 0.00000289. The van der Waals surface area contributed by atoms with Crippen LogP contribution in [0.1, 0.15) is 31.0 Å². The van der Waals surface area contributed by atoms with Crippen molar-refractivity contribution in [2.24, 2.45) is 0 Å². The summed E-state index contributed by atoms with van der Waals surface area (Å²) in [5.74, 6) is 0.664. The zero-order valence-electron chi connectivity index (χ0n) is 18.8. The molecule has 1 aliphatic heterocycles. The minimum Gasteiger partial charge on any atom is -0.495 e. The van der Waals surface area contributed by atoms with Gasteiger partial charge in [-0.3, -0.25) is 14.8 Å². The lowest BCUT2D eigenvalue weighted by Crippen LogP contribution is -2.43. The summed E-state index contributed by atoms with van der Waals surface area (Å²) in [6.07, 6.45) is 6.89. The van der Waals surface area contributed by atoms with E-state index >= 15 is 0 Å². The minimum absolute atomic E-state index is 0. The summed E-state index contributed by atoms with van der Waals surface area (Å²) < 4.78 is 7.10. The van der Waals surface area contributed by atoms with Crippen LogP contribution in [0.3, 0.4) is 0 Å². The highest BCUT2D eigenvalue weighted by atomic mass is 35.5. The van der Waals surface area contributed by atoms with Crippen LogP contribution in [-0.4, -0.2) is 52.2 Å². The summed E-state index contributed by atoms with van der Waals surface area (Å²) in [5.41, 5.74) is 4.00. The molecule has 4 heterocycles. The van der Waals surface area contributed by atoms with E-state index in [1.165, 1.54) is 5.56 Å². The topological polar surface area (TPSA) is 72.3 Å². The smallest absolute Gasteiger partial charge is 0.251 e. The van der Waals surface area contributed by atoms with Crippen LogP contribution in [0.4, 0.5) is 0 Å². The first-order valence-electron chi connectivity index (χ1n) is 11.1. The molecule has 1 fully saturated rings. The second-order valence-electron chi connectivity index (χ2n) is 8.11. The van der Waals surface area contributed by atoms with E-state index in [1.807, 2.05) is 12.3 Å². The third kappa shape index (κ3) is 5.85. The van der Waals surface area contributed by atoms with E-state index in [0.29, 0.717) is 18.3 Å². The van der Waals surface area contributed by atoms with E-state index in [4.69, 9.17) is 4.74 Å². The molecule has 0 radical (unpaired) electrons. The molecular weight excluding hydrogens is 426 g/mol. The molecule has 32 heavy (non-hydrogen) atoms. The first-order valence-corrected chi connectivity index (χ1v) is 11.1. The normalized spacial score (nSPS) is 14.9. The van der Waals surface area contributed by atoms with Crippen molar-refractivity contribution in [3.8, 4) is 5.75 Å². The maximum Gasteiger partial charge on any atom is 0.251 e. The fourth-order valence-corrected chi connectivity index (χ4v) is 4.11. The van der Waals surface area contributed by atoms with E-state index in [1.54, 1.807) is 30.0 Å². The van der Waals surface area contributed by atoms with Gasteiger partial charge in [-0.15, -0.1) is 12.4 Å². The first-order chi connectivity index (χ1) is 15.2. The van der Waals surface area contributed by atoms with Crippen molar-refractivity contribution in [1.29, 1.82) is 0 Å². The monoisotopic (exact) mass is 457 g/mol. The minimum atomic E-state index is 0. The van der Waals surface area contributed by atoms with E-state index in [-0.39, 0.29) is 18.0 Å². The lowest BCUT2D eigenvalue weighted by molar-refractivity contribution is 0.191. The number of fused-ring (bicyclic) bond motifs is 1. The molecule has 4 rings (SSSR count). The molecular formula is C24H32ClN5O2. The van der Waals surface area contributed by atoms with Gasteiger partial charge in [0.2, 0.25) is 0 Å². The molecule has 0 aliphatic carbocycles. The molecule has 0 spiro atoms. The standard InChI is InChI=1S/C24H31N5O2.ClH/c1-3-18-4-5-20(25-15-18)16-26-19-8-10-28(11-9-19)12-13-29-23-14-21(31-2)17-27-22(23)6-7-24(29)30;/h4-7,14-15,17,19,26H,3,8-13,16H2,1-2H3;1H. The van der Waals surface area contributed by atoms with Crippen molar-refractivity contribution in [2.75, 3.05) is 26.7 Å². The maximum absolute atomic E-state index is 12.5. The van der Waals surface area contributed by atoms with E-state index in [2.05, 4.69) is 39.2 Å². The number of likely N-dealkylation sites (tertiary alicyclic amines) is 1. The Kier molecular flexibility index (Phi) is 8.61. The summed E-state index contributed by atoms with van der Waals surface area (Å²) in [6.45, 7) is 6.52. The summed E-state index contributed by atoms with van der Waals surface area (Å²) in [7, 11) is 1.61. The first kappa shape index (κ1) is 24.2. The molecule has 0 amide bonds. The molecule has 1 saturated heterocycles. The number of aryl methyl sites for hydroxylation is 1. The average Bonchev–Trinajstić information content (AvgIpc) is 2.82. The van der Waals surface area contributed by atoms with Crippen LogP contribution < -0.4 is 15.6 Å². The van der Waals surface area contributed by atoms with Gasteiger partial charge in [0.15, 0.2) is 0 Å². The quantitative estimate of drug-likeness (QED) is 0.560. The molecule has 0 aromatic carbocycles. The summed E-state index contributed by atoms with van der Waals surface area (Å²) in [4.78, 5) is 23.9. The van der Waals surface area contributed by atoms with Crippen LogP contribution in [0, 0.1) is 0 Å². The number of hydrogen-bond donors (Lipinski definition) is 1. The van der Waals surface area contributed by atoms with Gasteiger partial charge in [-0.25, -0.2) is 0 Å². The zero-order valence-corrected chi connectivity index (χ0v) is 19.6. The zero-order chi connectivity index (χ0) is 21.6. The van der Waals surface area contributed by atoms with Crippen molar-refractivity contribution in [1.82, 2.24) is 24.8 Å². The Morgan fingerprint density at radius 3 is 2.59 bits per heavy atom. The fourth-order valence-electron chi connectivity index (χ4n) is 4.11. The highest BCUT2D eigenvalue weighted by Crippen LogP contribution is 2.17. The molecule has 0 bridgehead atoms. The Hall–Kier alpha value is -2.48. The molecule has 8 heteroatoms. The van der Waals surface area contributed by atoms with Crippen LogP contribution >= 0.6 is 12.4 Å². The van der Waals surface area contributed by atoms with Crippen LogP contribution in [0.5, 0.6) is 5.75 Å². The van der Waals surface area contributed by atoms with Crippen LogP contribution in [0.2, 0.25) is 0 Å². The molecule has 0 unspecified atom stereocenters. The third-order valence-corrected chi connectivity index (χ3v) is 6.14. The van der Waals surface area contributed by atoms with Crippen molar-refractivity contribution in [3.63, 3.8) is 0 Å². The number of rotatable bonds is 8. The Labute approximate surface area is 195 Å².